The van der Waals surface area contributed by atoms with Crippen molar-refractivity contribution < 1.29 is 4.74 Å². The summed E-state index contributed by atoms with van der Waals surface area (Å²) >= 11 is 0. The fraction of sp³-hybridized carbons (Fsp3) is 0.500. The number of rotatable bonds is 2. The van der Waals surface area contributed by atoms with Crippen LogP contribution in [0, 0.1) is 18.4 Å². The Kier molecular flexibility index (Phi) is 5.14. The van der Waals surface area contributed by atoms with Crippen molar-refractivity contribution in [3.05, 3.63) is 6.61 Å². The molecule has 39 valence electrons. The highest BCUT2D eigenvalue weighted by Gasteiger charge is 1.70. The van der Waals surface area contributed by atoms with Crippen molar-refractivity contribution in [2.75, 3.05) is 6.61 Å². The van der Waals surface area contributed by atoms with Crippen LogP contribution in [0.2, 0.25) is 0 Å². The van der Waals surface area contributed by atoms with E-state index in [0.29, 0.717) is 6.61 Å². The molecule has 1 nitrogen and oxygen atoms in total. The average Bonchev–Trinajstić information content (AvgIpc) is 1.69. The predicted molar refractivity (Wildman–Crippen MR) is 29.4 cm³/mol. The molecule has 0 spiro atoms. The second-order valence-electron chi connectivity index (χ2n) is 0.973. The third-order valence-electron chi connectivity index (χ3n) is 0.499. The molecule has 0 aliphatic carbocycles. The summed E-state index contributed by atoms with van der Waals surface area (Å²) in [7, 11) is 0. The van der Waals surface area contributed by atoms with E-state index >= 15 is 0 Å². The molecule has 0 aliphatic rings. The van der Waals surface area contributed by atoms with Gasteiger partial charge in [0.15, 0.2) is 0 Å². The molecule has 0 bridgehead atoms. The highest BCUT2D eigenvalue weighted by atomic mass is 16.5. The predicted octanol–water partition coefficient (Wildman–Crippen LogP) is 1.21. The van der Waals surface area contributed by atoms with Crippen LogP contribution in [0.1, 0.15) is 13.8 Å². The molecule has 0 amide bonds. The Morgan fingerprint density at radius 3 is 2.86 bits per heavy atom. The van der Waals surface area contributed by atoms with Crippen molar-refractivity contribution in [3.63, 3.8) is 0 Å². The summed E-state index contributed by atoms with van der Waals surface area (Å²) in [6.45, 7) is 5.77. The van der Waals surface area contributed by atoms with E-state index in [1.165, 1.54) is 0 Å². The van der Waals surface area contributed by atoms with Gasteiger partial charge in [-0.2, -0.15) is 0 Å². The first-order valence-corrected chi connectivity index (χ1v) is 2.21. The first kappa shape index (κ1) is 6.52. The average molecular weight is 97.1 g/mol. The standard InChI is InChI=1S/C6H9O/c1-3-5-6-7-4-2/h4H,6H2,1-2H3. The van der Waals surface area contributed by atoms with Gasteiger partial charge in [0.25, 0.3) is 0 Å². The lowest BCUT2D eigenvalue weighted by Gasteiger charge is -1.85. The van der Waals surface area contributed by atoms with Gasteiger partial charge in [-0.15, -0.1) is 5.92 Å². The molecule has 0 saturated carbocycles. The quantitative estimate of drug-likeness (QED) is 0.371. The van der Waals surface area contributed by atoms with Crippen LogP contribution in [0.5, 0.6) is 0 Å². The van der Waals surface area contributed by atoms with Gasteiger partial charge in [-0.1, -0.05) is 5.92 Å². The van der Waals surface area contributed by atoms with Crippen molar-refractivity contribution in [1.82, 2.24) is 0 Å². The Labute approximate surface area is 44.7 Å². The molecule has 0 heterocycles. The second-order valence-corrected chi connectivity index (χ2v) is 0.973. The topological polar surface area (TPSA) is 9.23 Å². The smallest absolute Gasteiger partial charge is 0.108 e. The molecular weight excluding hydrogens is 88.1 g/mol. The molecule has 0 aliphatic heterocycles. The molecule has 0 aromatic carbocycles. The van der Waals surface area contributed by atoms with E-state index in [1.807, 2.05) is 6.92 Å². The van der Waals surface area contributed by atoms with Gasteiger partial charge in [-0.05, 0) is 13.8 Å². The summed E-state index contributed by atoms with van der Waals surface area (Å²) in [6, 6.07) is 0. The van der Waals surface area contributed by atoms with E-state index in [9.17, 15) is 0 Å². The van der Waals surface area contributed by atoms with Crippen molar-refractivity contribution in [3.8, 4) is 11.8 Å². The lowest BCUT2D eigenvalue weighted by atomic mass is 10.6. The minimum atomic E-state index is 0.521. The Bertz CT molecular complexity index is 75.9. The molecule has 0 N–H and O–H groups in total. The van der Waals surface area contributed by atoms with E-state index in [0.717, 1.165) is 0 Å². The zero-order valence-electron chi connectivity index (χ0n) is 4.69. The van der Waals surface area contributed by atoms with Gasteiger partial charge in [0, 0.05) is 0 Å². The zero-order valence-corrected chi connectivity index (χ0v) is 4.69. The number of ether oxygens (including phenoxy) is 1. The van der Waals surface area contributed by atoms with Crippen molar-refractivity contribution in [1.29, 1.82) is 0 Å². The minimum absolute atomic E-state index is 0.521. The van der Waals surface area contributed by atoms with Crippen LogP contribution in [0.4, 0.5) is 0 Å². The SMILES string of the molecule is CC#CCO[CH]C. The molecule has 1 heteroatoms. The third kappa shape index (κ3) is 5.52. The van der Waals surface area contributed by atoms with Gasteiger partial charge >= 0.3 is 0 Å². The first-order chi connectivity index (χ1) is 3.41. The summed E-state index contributed by atoms with van der Waals surface area (Å²) in [5.74, 6) is 5.45. The third-order valence-corrected chi connectivity index (χ3v) is 0.499. The Morgan fingerprint density at radius 1 is 1.71 bits per heavy atom. The van der Waals surface area contributed by atoms with Gasteiger partial charge in [-0.3, -0.25) is 0 Å². The van der Waals surface area contributed by atoms with Crippen molar-refractivity contribution in [2.45, 2.75) is 13.8 Å². The number of hydrogen-bond donors (Lipinski definition) is 0. The molecule has 7 heavy (non-hydrogen) atoms. The maximum atomic E-state index is 4.78. The van der Waals surface area contributed by atoms with Gasteiger partial charge in [0.2, 0.25) is 0 Å². The largest absolute Gasteiger partial charge is 0.363 e. The minimum Gasteiger partial charge on any atom is -0.363 e. The van der Waals surface area contributed by atoms with E-state index in [4.69, 9.17) is 4.74 Å². The van der Waals surface area contributed by atoms with Crippen LogP contribution in [-0.2, 0) is 4.74 Å². The van der Waals surface area contributed by atoms with Gasteiger partial charge in [0.1, 0.15) is 6.61 Å². The van der Waals surface area contributed by atoms with Crippen LogP contribution in [0.15, 0.2) is 0 Å². The van der Waals surface area contributed by atoms with Crippen molar-refractivity contribution in [2.24, 2.45) is 0 Å². The first-order valence-electron chi connectivity index (χ1n) is 2.21. The van der Waals surface area contributed by atoms with Crippen molar-refractivity contribution >= 4 is 0 Å². The van der Waals surface area contributed by atoms with Gasteiger partial charge in [0.05, 0.1) is 6.61 Å². The van der Waals surface area contributed by atoms with Crippen LogP contribution < -0.4 is 0 Å². The summed E-state index contributed by atoms with van der Waals surface area (Å²) in [4.78, 5) is 0. The maximum Gasteiger partial charge on any atom is 0.108 e. The molecule has 0 fully saturated rings. The molecular formula is C6H9O. The fourth-order valence-corrected chi connectivity index (χ4v) is 0.197. The van der Waals surface area contributed by atoms with Crippen LogP contribution in [0.25, 0.3) is 0 Å². The van der Waals surface area contributed by atoms with E-state index in [2.05, 4.69) is 11.8 Å². The van der Waals surface area contributed by atoms with Crippen LogP contribution in [-0.4, -0.2) is 6.61 Å². The Balaban J connectivity index is 2.78. The summed E-state index contributed by atoms with van der Waals surface area (Å²) in [6.07, 6.45) is 0. The zero-order chi connectivity index (χ0) is 5.54. The highest BCUT2D eigenvalue weighted by Crippen LogP contribution is 1.73. The van der Waals surface area contributed by atoms with E-state index < -0.39 is 0 Å². The molecule has 0 atom stereocenters. The highest BCUT2D eigenvalue weighted by molar-refractivity contribution is 4.94. The van der Waals surface area contributed by atoms with Crippen LogP contribution >= 0.6 is 0 Å². The monoisotopic (exact) mass is 97.1 g/mol. The summed E-state index contributed by atoms with van der Waals surface area (Å²) in [5.41, 5.74) is 0. The number of hydrogen-bond acceptors (Lipinski definition) is 1. The molecule has 0 rings (SSSR count). The van der Waals surface area contributed by atoms with E-state index in [-0.39, 0.29) is 0 Å². The van der Waals surface area contributed by atoms with E-state index in [1.54, 1.807) is 13.5 Å². The lowest BCUT2D eigenvalue weighted by molar-refractivity contribution is 0.245. The molecule has 0 unspecified atom stereocenters. The van der Waals surface area contributed by atoms with Gasteiger partial charge in [-0.25, -0.2) is 0 Å². The van der Waals surface area contributed by atoms with Gasteiger partial charge < -0.3 is 4.74 Å². The fourth-order valence-electron chi connectivity index (χ4n) is 0.197. The molecule has 1 radical (unpaired) electrons. The molecule has 0 aromatic heterocycles. The molecule has 0 aromatic rings. The second kappa shape index (κ2) is 5.52. The van der Waals surface area contributed by atoms with Crippen LogP contribution in [0.3, 0.4) is 0 Å². The maximum absolute atomic E-state index is 4.78. The molecule has 0 saturated heterocycles. The Morgan fingerprint density at radius 2 is 2.43 bits per heavy atom. The summed E-state index contributed by atoms with van der Waals surface area (Å²) in [5, 5.41) is 0. The Hall–Kier alpha value is -0.480. The summed E-state index contributed by atoms with van der Waals surface area (Å²) < 4.78 is 4.78. The lowest BCUT2D eigenvalue weighted by Crippen LogP contribution is -1.82. The normalized spacial score (nSPS) is 7.14.